The molecule has 2 aliphatic rings. The van der Waals surface area contributed by atoms with E-state index in [0.717, 1.165) is 30.9 Å². The molecule has 1 heterocycles. The zero-order valence-corrected chi connectivity index (χ0v) is 21.7. The van der Waals surface area contributed by atoms with Crippen LogP contribution < -0.4 is 10.6 Å². The van der Waals surface area contributed by atoms with Gasteiger partial charge in [0, 0.05) is 38.6 Å². The number of nitrogens with zero attached hydrogens (tertiary/aromatic N) is 2. The largest absolute Gasteiger partial charge is 0.356 e. The van der Waals surface area contributed by atoms with E-state index >= 15 is 0 Å². The van der Waals surface area contributed by atoms with E-state index in [9.17, 15) is 8.42 Å². The molecule has 2 N–H and O–H groups in total. The van der Waals surface area contributed by atoms with Crippen LogP contribution in [0.2, 0.25) is 0 Å². The highest BCUT2D eigenvalue weighted by Gasteiger charge is 2.38. The highest BCUT2D eigenvalue weighted by molar-refractivity contribution is 14.0. The molecule has 1 aliphatic carbocycles. The molecule has 2 aromatic carbocycles. The summed E-state index contributed by atoms with van der Waals surface area (Å²) < 4.78 is 26.9. The average Bonchev–Trinajstić information content (AvgIpc) is 3.32. The molecule has 0 amide bonds. The minimum atomic E-state index is -3.36. The molecular formula is C24H33IN4O2S. The number of aliphatic imine (C=N–C) groups is 1. The number of rotatable bonds is 7. The molecule has 1 saturated carbocycles. The summed E-state index contributed by atoms with van der Waals surface area (Å²) in [6.07, 6.45) is 5.52. The van der Waals surface area contributed by atoms with Gasteiger partial charge < -0.3 is 10.6 Å². The minimum Gasteiger partial charge on any atom is -0.356 e. The molecule has 0 spiro atoms. The Kier molecular flexibility index (Phi) is 8.57. The van der Waals surface area contributed by atoms with E-state index in [4.69, 9.17) is 0 Å². The van der Waals surface area contributed by atoms with Gasteiger partial charge in [-0.25, -0.2) is 8.42 Å². The predicted molar refractivity (Wildman–Crippen MR) is 140 cm³/mol. The Hall–Kier alpha value is -1.65. The third-order valence-corrected chi connectivity index (χ3v) is 8.51. The van der Waals surface area contributed by atoms with Gasteiger partial charge in [0.2, 0.25) is 10.0 Å². The van der Waals surface area contributed by atoms with Crippen LogP contribution in [0.4, 0.5) is 0 Å². The Morgan fingerprint density at radius 2 is 1.62 bits per heavy atom. The topological polar surface area (TPSA) is 73.8 Å². The summed E-state index contributed by atoms with van der Waals surface area (Å²) in [4.78, 5) is 4.73. The fourth-order valence-electron chi connectivity index (χ4n) is 4.48. The molecule has 0 bridgehead atoms. The average molecular weight is 569 g/mol. The van der Waals surface area contributed by atoms with Crippen LogP contribution in [0.3, 0.4) is 0 Å². The molecule has 0 radical (unpaired) electrons. The van der Waals surface area contributed by atoms with Gasteiger partial charge in [-0.1, -0.05) is 48.9 Å². The van der Waals surface area contributed by atoms with Crippen molar-refractivity contribution < 1.29 is 8.42 Å². The summed E-state index contributed by atoms with van der Waals surface area (Å²) in [6, 6.07) is 17.9. The van der Waals surface area contributed by atoms with Gasteiger partial charge in [-0.2, -0.15) is 4.31 Å². The van der Waals surface area contributed by atoms with Gasteiger partial charge >= 0.3 is 0 Å². The lowest BCUT2D eigenvalue weighted by atomic mass is 9.64. The maximum absolute atomic E-state index is 12.7. The van der Waals surface area contributed by atoms with Gasteiger partial charge in [0.15, 0.2) is 5.96 Å². The van der Waals surface area contributed by atoms with Crippen molar-refractivity contribution in [3.63, 3.8) is 0 Å². The zero-order chi connectivity index (χ0) is 21.7. The van der Waals surface area contributed by atoms with Crippen molar-refractivity contribution in [2.75, 3.05) is 26.7 Å². The van der Waals surface area contributed by atoms with Crippen molar-refractivity contribution in [3.05, 3.63) is 65.7 Å². The molecule has 2 aromatic rings. The van der Waals surface area contributed by atoms with Gasteiger partial charge in [0.1, 0.15) is 0 Å². The lowest BCUT2D eigenvalue weighted by molar-refractivity contribution is 0.244. The van der Waals surface area contributed by atoms with E-state index in [1.165, 1.54) is 24.8 Å². The number of benzene rings is 2. The molecule has 1 aliphatic heterocycles. The van der Waals surface area contributed by atoms with E-state index in [2.05, 4.69) is 46.0 Å². The van der Waals surface area contributed by atoms with Gasteiger partial charge in [-0.05, 0) is 48.9 Å². The second-order valence-electron chi connectivity index (χ2n) is 8.53. The SMILES string of the molecule is CN=C(NCc1ccc(S(=O)(=O)N2CCCC2)cc1)NCC1(c2ccccc2)CCC1.I. The third-order valence-electron chi connectivity index (χ3n) is 6.60. The molecule has 0 aromatic heterocycles. The smallest absolute Gasteiger partial charge is 0.243 e. The Morgan fingerprint density at radius 3 is 2.19 bits per heavy atom. The quantitative estimate of drug-likeness (QED) is 0.302. The van der Waals surface area contributed by atoms with Crippen molar-refractivity contribution in [2.24, 2.45) is 4.99 Å². The van der Waals surface area contributed by atoms with Crippen LogP contribution in [0.5, 0.6) is 0 Å². The predicted octanol–water partition coefficient (Wildman–Crippen LogP) is 3.88. The standard InChI is InChI=1S/C24H32N4O2S.HI/c1-25-23(27-19-24(14-7-15-24)21-8-3-2-4-9-21)26-18-20-10-12-22(13-11-20)31(29,30)28-16-5-6-17-28;/h2-4,8-13H,5-7,14-19H2,1H3,(H2,25,26,27);1H. The summed E-state index contributed by atoms with van der Waals surface area (Å²) in [5, 5.41) is 6.84. The van der Waals surface area contributed by atoms with Gasteiger partial charge in [-0.15, -0.1) is 24.0 Å². The van der Waals surface area contributed by atoms with E-state index in [1.807, 2.05) is 12.1 Å². The van der Waals surface area contributed by atoms with Gasteiger partial charge in [0.05, 0.1) is 4.90 Å². The first-order chi connectivity index (χ1) is 15.0. The Bertz CT molecular complexity index is 1000. The molecular weight excluding hydrogens is 535 g/mol. The normalized spacial score (nSPS) is 18.5. The Balaban J connectivity index is 0.00000289. The lowest BCUT2D eigenvalue weighted by Crippen LogP contribution is -2.48. The molecule has 2 fully saturated rings. The van der Waals surface area contributed by atoms with Crippen molar-refractivity contribution >= 4 is 40.0 Å². The second kappa shape index (κ2) is 11.0. The number of sulfonamides is 1. The molecule has 1 saturated heterocycles. The van der Waals surface area contributed by atoms with Crippen LogP contribution >= 0.6 is 24.0 Å². The van der Waals surface area contributed by atoms with E-state index in [1.54, 1.807) is 23.5 Å². The summed E-state index contributed by atoms with van der Waals surface area (Å²) in [5.41, 5.74) is 2.59. The Morgan fingerprint density at radius 1 is 0.969 bits per heavy atom. The van der Waals surface area contributed by atoms with E-state index in [0.29, 0.717) is 24.5 Å². The summed E-state index contributed by atoms with van der Waals surface area (Å²) in [6.45, 7) is 2.68. The fraction of sp³-hybridized carbons (Fsp3) is 0.458. The summed E-state index contributed by atoms with van der Waals surface area (Å²) in [5.74, 6) is 0.760. The van der Waals surface area contributed by atoms with Crippen molar-refractivity contribution in [2.45, 2.75) is 49.0 Å². The van der Waals surface area contributed by atoms with Crippen molar-refractivity contribution in [1.29, 1.82) is 0 Å². The monoisotopic (exact) mass is 568 g/mol. The lowest BCUT2D eigenvalue weighted by Gasteiger charge is -2.43. The zero-order valence-electron chi connectivity index (χ0n) is 18.6. The van der Waals surface area contributed by atoms with Crippen LogP contribution in [-0.2, 0) is 22.0 Å². The van der Waals surface area contributed by atoms with Crippen LogP contribution in [-0.4, -0.2) is 45.4 Å². The number of hydrogen-bond donors (Lipinski definition) is 2. The summed E-state index contributed by atoms with van der Waals surface area (Å²) >= 11 is 0. The molecule has 4 rings (SSSR count). The summed E-state index contributed by atoms with van der Waals surface area (Å²) in [7, 11) is -1.59. The van der Waals surface area contributed by atoms with Gasteiger partial charge in [0.25, 0.3) is 0 Å². The number of halogens is 1. The maximum Gasteiger partial charge on any atom is 0.243 e. The number of hydrogen-bond acceptors (Lipinski definition) is 3. The van der Waals surface area contributed by atoms with E-state index in [-0.39, 0.29) is 29.4 Å². The number of nitrogens with one attached hydrogen (secondary N) is 2. The maximum atomic E-state index is 12.7. The van der Waals surface area contributed by atoms with Crippen molar-refractivity contribution in [3.8, 4) is 0 Å². The van der Waals surface area contributed by atoms with Crippen LogP contribution in [0.1, 0.15) is 43.2 Å². The molecule has 174 valence electrons. The Labute approximate surface area is 209 Å². The highest BCUT2D eigenvalue weighted by atomic mass is 127. The minimum absolute atomic E-state index is 0. The third kappa shape index (κ3) is 5.46. The molecule has 0 atom stereocenters. The van der Waals surface area contributed by atoms with Crippen LogP contribution in [0, 0.1) is 0 Å². The molecule has 32 heavy (non-hydrogen) atoms. The first-order valence-electron chi connectivity index (χ1n) is 11.1. The molecule has 6 nitrogen and oxygen atoms in total. The molecule has 8 heteroatoms. The number of guanidine groups is 1. The fourth-order valence-corrected chi connectivity index (χ4v) is 6.00. The van der Waals surface area contributed by atoms with Gasteiger partial charge in [-0.3, -0.25) is 4.99 Å². The first kappa shape index (κ1) is 25.0. The highest BCUT2D eigenvalue weighted by Crippen LogP contribution is 2.43. The van der Waals surface area contributed by atoms with Crippen molar-refractivity contribution in [1.82, 2.24) is 14.9 Å². The van der Waals surface area contributed by atoms with Crippen LogP contribution in [0.25, 0.3) is 0 Å². The first-order valence-corrected chi connectivity index (χ1v) is 12.6. The van der Waals surface area contributed by atoms with Crippen LogP contribution in [0.15, 0.2) is 64.5 Å². The second-order valence-corrected chi connectivity index (χ2v) is 10.5. The van der Waals surface area contributed by atoms with E-state index < -0.39 is 10.0 Å². The molecule has 0 unspecified atom stereocenters.